The van der Waals surface area contributed by atoms with Crippen LogP contribution in [0.25, 0.3) is 0 Å². The zero-order valence-corrected chi connectivity index (χ0v) is 18.3. The van der Waals surface area contributed by atoms with Gasteiger partial charge in [0.05, 0.1) is 25.2 Å². The van der Waals surface area contributed by atoms with Crippen LogP contribution in [0.2, 0.25) is 5.02 Å². The van der Waals surface area contributed by atoms with Crippen LogP contribution in [0.3, 0.4) is 0 Å². The molecule has 1 aromatic carbocycles. The molecule has 0 aromatic heterocycles. The molecule has 0 aliphatic carbocycles. The van der Waals surface area contributed by atoms with Crippen molar-refractivity contribution in [3.8, 4) is 0 Å². The van der Waals surface area contributed by atoms with Crippen LogP contribution in [-0.4, -0.2) is 91.3 Å². The Balaban J connectivity index is 1.38. The molecule has 4 rings (SSSR count). The van der Waals surface area contributed by atoms with Gasteiger partial charge in [0.1, 0.15) is 0 Å². The van der Waals surface area contributed by atoms with Gasteiger partial charge in [0, 0.05) is 51.0 Å². The van der Waals surface area contributed by atoms with Gasteiger partial charge in [0.15, 0.2) is 0 Å². The first kappa shape index (κ1) is 21.4. The number of urea groups is 1. The predicted molar refractivity (Wildman–Crippen MR) is 114 cm³/mol. The maximum atomic E-state index is 13.2. The molecule has 1 aromatic rings. The molecule has 0 N–H and O–H groups in total. The van der Waals surface area contributed by atoms with E-state index in [4.69, 9.17) is 21.1 Å². The molecule has 1 spiro atoms. The SMILES string of the molecule is COCCN1CC2(CCOC2)N(C2CCN(C(=O)Cc3ccc(Cl)cc3)CC2)C1=O. The minimum absolute atomic E-state index is 0.0866. The number of likely N-dealkylation sites (tertiary alicyclic amines) is 1. The molecule has 3 heterocycles. The van der Waals surface area contributed by atoms with Gasteiger partial charge in [0.2, 0.25) is 5.91 Å². The topological polar surface area (TPSA) is 62.3 Å². The van der Waals surface area contributed by atoms with E-state index in [0.717, 1.165) is 24.8 Å². The van der Waals surface area contributed by atoms with Gasteiger partial charge in [0.25, 0.3) is 0 Å². The normalized spacial score (nSPS) is 25.0. The average molecular weight is 436 g/mol. The van der Waals surface area contributed by atoms with Crippen LogP contribution in [0, 0.1) is 0 Å². The van der Waals surface area contributed by atoms with Crippen LogP contribution < -0.4 is 0 Å². The largest absolute Gasteiger partial charge is 0.383 e. The van der Waals surface area contributed by atoms with Gasteiger partial charge in [-0.1, -0.05) is 23.7 Å². The van der Waals surface area contributed by atoms with Crippen LogP contribution in [0.15, 0.2) is 24.3 Å². The lowest BCUT2D eigenvalue weighted by Gasteiger charge is -2.42. The van der Waals surface area contributed by atoms with Gasteiger partial charge in [-0.3, -0.25) is 4.79 Å². The van der Waals surface area contributed by atoms with E-state index in [1.54, 1.807) is 7.11 Å². The highest BCUT2D eigenvalue weighted by atomic mass is 35.5. The number of carbonyl (C=O) groups is 2. The lowest BCUT2D eigenvalue weighted by Crippen LogP contribution is -2.56. The second kappa shape index (κ2) is 9.12. The Bertz CT molecular complexity index is 758. The fourth-order valence-corrected chi connectivity index (χ4v) is 5.07. The maximum absolute atomic E-state index is 13.2. The summed E-state index contributed by atoms with van der Waals surface area (Å²) in [5.74, 6) is 0.129. The van der Waals surface area contributed by atoms with E-state index in [2.05, 4.69) is 4.90 Å². The van der Waals surface area contributed by atoms with Crippen molar-refractivity contribution in [1.82, 2.24) is 14.7 Å². The molecule has 3 amide bonds. The summed E-state index contributed by atoms with van der Waals surface area (Å²) in [6.45, 7) is 4.48. The Hall–Kier alpha value is -1.83. The molecule has 1 atom stereocenters. The highest BCUT2D eigenvalue weighted by Crippen LogP contribution is 2.38. The number of piperidine rings is 1. The number of hydrogen-bond acceptors (Lipinski definition) is 4. The summed E-state index contributed by atoms with van der Waals surface area (Å²) in [6.07, 6.45) is 2.86. The van der Waals surface area contributed by atoms with Crippen LogP contribution in [-0.2, 0) is 20.7 Å². The minimum Gasteiger partial charge on any atom is -0.383 e. The van der Waals surface area contributed by atoms with Gasteiger partial charge < -0.3 is 24.2 Å². The number of ether oxygens (including phenoxy) is 2. The number of hydrogen-bond donors (Lipinski definition) is 0. The summed E-state index contributed by atoms with van der Waals surface area (Å²) in [5.41, 5.74) is 0.738. The number of carbonyl (C=O) groups excluding carboxylic acids is 2. The molecule has 3 aliphatic rings. The number of benzene rings is 1. The van der Waals surface area contributed by atoms with E-state index in [-0.39, 0.29) is 23.5 Å². The van der Waals surface area contributed by atoms with Crippen molar-refractivity contribution in [2.24, 2.45) is 0 Å². The molecule has 0 bridgehead atoms. The third-order valence-electron chi connectivity index (χ3n) is 6.57. The number of methoxy groups -OCH3 is 1. The first-order chi connectivity index (χ1) is 14.5. The smallest absolute Gasteiger partial charge is 0.321 e. The summed E-state index contributed by atoms with van der Waals surface area (Å²) in [7, 11) is 1.66. The molecular formula is C22H30ClN3O4. The Morgan fingerprint density at radius 3 is 2.63 bits per heavy atom. The Morgan fingerprint density at radius 2 is 2.00 bits per heavy atom. The lowest BCUT2D eigenvalue weighted by molar-refractivity contribution is -0.132. The van der Waals surface area contributed by atoms with E-state index >= 15 is 0 Å². The first-order valence-electron chi connectivity index (χ1n) is 10.7. The molecule has 1 unspecified atom stereocenters. The van der Waals surface area contributed by atoms with E-state index in [1.807, 2.05) is 34.1 Å². The van der Waals surface area contributed by atoms with E-state index in [9.17, 15) is 9.59 Å². The summed E-state index contributed by atoms with van der Waals surface area (Å²) in [4.78, 5) is 31.8. The van der Waals surface area contributed by atoms with E-state index < -0.39 is 0 Å². The molecule has 8 heteroatoms. The van der Waals surface area contributed by atoms with Crippen LogP contribution in [0.1, 0.15) is 24.8 Å². The maximum Gasteiger partial charge on any atom is 0.321 e. The van der Waals surface area contributed by atoms with Gasteiger partial charge in [-0.25, -0.2) is 4.79 Å². The van der Waals surface area contributed by atoms with Gasteiger partial charge in [-0.15, -0.1) is 0 Å². The second-order valence-electron chi connectivity index (χ2n) is 8.51. The fourth-order valence-electron chi connectivity index (χ4n) is 4.95. The molecule has 0 radical (unpaired) electrons. The third kappa shape index (κ3) is 4.29. The third-order valence-corrected chi connectivity index (χ3v) is 6.82. The van der Waals surface area contributed by atoms with Crippen LogP contribution in [0.5, 0.6) is 0 Å². The summed E-state index contributed by atoms with van der Waals surface area (Å²) in [5, 5.41) is 0.673. The predicted octanol–water partition coefficient (Wildman–Crippen LogP) is 2.42. The number of halogens is 1. The molecule has 7 nitrogen and oxygen atoms in total. The first-order valence-corrected chi connectivity index (χ1v) is 11.1. The van der Waals surface area contributed by atoms with E-state index in [0.29, 0.717) is 57.4 Å². The Labute approximate surface area is 182 Å². The van der Waals surface area contributed by atoms with Crippen LogP contribution >= 0.6 is 11.6 Å². The lowest BCUT2D eigenvalue weighted by atomic mass is 9.92. The number of nitrogens with zero attached hydrogens (tertiary/aromatic N) is 3. The Morgan fingerprint density at radius 1 is 1.27 bits per heavy atom. The molecule has 3 aliphatic heterocycles. The Kier molecular flexibility index (Phi) is 6.51. The summed E-state index contributed by atoms with van der Waals surface area (Å²) >= 11 is 5.93. The van der Waals surface area contributed by atoms with Crippen molar-refractivity contribution >= 4 is 23.5 Å². The zero-order chi connectivity index (χ0) is 21.1. The van der Waals surface area contributed by atoms with Gasteiger partial charge in [-0.2, -0.15) is 0 Å². The van der Waals surface area contributed by atoms with Crippen molar-refractivity contribution in [2.45, 2.75) is 37.3 Å². The monoisotopic (exact) mass is 435 g/mol. The van der Waals surface area contributed by atoms with Crippen molar-refractivity contribution < 1.29 is 19.1 Å². The number of rotatable bonds is 6. The molecule has 0 saturated carbocycles. The highest BCUT2D eigenvalue weighted by molar-refractivity contribution is 6.30. The quantitative estimate of drug-likeness (QED) is 0.688. The van der Waals surface area contributed by atoms with Gasteiger partial charge in [-0.05, 0) is 37.0 Å². The molecule has 3 saturated heterocycles. The minimum atomic E-state index is -0.231. The zero-order valence-electron chi connectivity index (χ0n) is 17.5. The van der Waals surface area contributed by atoms with Gasteiger partial charge >= 0.3 is 6.03 Å². The molecule has 3 fully saturated rings. The van der Waals surface area contributed by atoms with Crippen LogP contribution in [0.4, 0.5) is 4.79 Å². The average Bonchev–Trinajstić information content (AvgIpc) is 3.32. The summed E-state index contributed by atoms with van der Waals surface area (Å²) < 4.78 is 10.9. The van der Waals surface area contributed by atoms with Crippen molar-refractivity contribution in [1.29, 1.82) is 0 Å². The fraction of sp³-hybridized carbons (Fsp3) is 0.636. The van der Waals surface area contributed by atoms with E-state index in [1.165, 1.54) is 0 Å². The number of amides is 3. The molecule has 164 valence electrons. The molecular weight excluding hydrogens is 406 g/mol. The summed E-state index contributed by atoms with van der Waals surface area (Å²) in [6, 6.07) is 7.65. The second-order valence-corrected chi connectivity index (χ2v) is 8.95. The van der Waals surface area contributed by atoms with Crippen molar-refractivity contribution in [3.63, 3.8) is 0 Å². The van der Waals surface area contributed by atoms with Crippen molar-refractivity contribution in [2.75, 3.05) is 53.1 Å². The standard InChI is InChI=1S/C22H30ClN3O4/c1-29-13-11-25-15-22(8-12-30-16-22)26(21(25)28)19-6-9-24(10-7-19)20(27)14-17-2-4-18(23)5-3-17/h2-5,19H,6-16H2,1H3. The highest BCUT2D eigenvalue weighted by Gasteiger charge is 2.54. The molecule has 30 heavy (non-hydrogen) atoms. The van der Waals surface area contributed by atoms with Crippen molar-refractivity contribution in [3.05, 3.63) is 34.9 Å².